The van der Waals surface area contributed by atoms with Crippen LogP contribution < -0.4 is 10.1 Å². The molecule has 24 heavy (non-hydrogen) atoms. The molecule has 6 heteroatoms. The summed E-state index contributed by atoms with van der Waals surface area (Å²) < 4.78 is 19.9. The molecule has 5 nitrogen and oxygen atoms in total. The molecule has 1 N–H and O–H groups in total. The van der Waals surface area contributed by atoms with E-state index in [4.69, 9.17) is 4.74 Å². The van der Waals surface area contributed by atoms with Crippen molar-refractivity contribution >= 4 is 5.91 Å². The van der Waals surface area contributed by atoms with Gasteiger partial charge < -0.3 is 10.1 Å². The third-order valence-electron chi connectivity index (χ3n) is 4.40. The van der Waals surface area contributed by atoms with Crippen molar-refractivity contribution in [3.63, 3.8) is 0 Å². The fourth-order valence-corrected chi connectivity index (χ4v) is 2.89. The molecule has 1 fully saturated rings. The molecule has 1 saturated carbocycles. The predicted molar refractivity (Wildman–Crippen MR) is 88.1 cm³/mol. The van der Waals surface area contributed by atoms with Crippen molar-refractivity contribution in [1.29, 1.82) is 0 Å². The monoisotopic (exact) mass is 331 g/mol. The van der Waals surface area contributed by atoms with Gasteiger partial charge >= 0.3 is 0 Å². The van der Waals surface area contributed by atoms with Crippen molar-refractivity contribution in [2.75, 3.05) is 0 Å². The molecule has 2 aromatic rings. The highest BCUT2D eigenvalue weighted by molar-refractivity contribution is 5.92. The van der Waals surface area contributed by atoms with E-state index in [2.05, 4.69) is 17.3 Å². The Morgan fingerprint density at radius 2 is 1.96 bits per heavy atom. The zero-order valence-electron chi connectivity index (χ0n) is 13.7. The first kappa shape index (κ1) is 16.5. The number of carbonyl (C=O) groups is 1. The van der Waals surface area contributed by atoms with Gasteiger partial charge in [-0.25, -0.2) is 9.07 Å². The second-order valence-electron chi connectivity index (χ2n) is 6.40. The number of hydrogen-bond acceptors (Lipinski definition) is 3. The summed E-state index contributed by atoms with van der Waals surface area (Å²) in [5.74, 6) is 0.850. The number of nitrogens with zero attached hydrogens (tertiary/aromatic N) is 2. The van der Waals surface area contributed by atoms with E-state index in [0.29, 0.717) is 11.4 Å². The molecule has 1 amide bonds. The minimum atomic E-state index is -0.308. The minimum Gasteiger partial charge on any atom is -0.471 e. The number of aromatic nitrogens is 2. The zero-order valence-corrected chi connectivity index (χ0v) is 13.7. The van der Waals surface area contributed by atoms with E-state index in [1.807, 2.05) is 0 Å². The van der Waals surface area contributed by atoms with Gasteiger partial charge in [-0.3, -0.25) is 4.79 Å². The number of carbonyl (C=O) groups excluding carboxylic acids is 1. The van der Waals surface area contributed by atoms with E-state index in [1.54, 1.807) is 29.1 Å². The van der Waals surface area contributed by atoms with Gasteiger partial charge in [0.2, 0.25) is 0 Å². The highest BCUT2D eigenvalue weighted by Crippen LogP contribution is 2.23. The summed E-state index contributed by atoms with van der Waals surface area (Å²) >= 11 is 0. The van der Waals surface area contributed by atoms with E-state index in [-0.39, 0.29) is 24.5 Å². The van der Waals surface area contributed by atoms with Crippen molar-refractivity contribution in [3.8, 4) is 5.75 Å². The molecule has 0 saturated heterocycles. The Kier molecular flexibility index (Phi) is 5.13. The molecule has 1 heterocycles. The Morgan fingerprint density at radius 3 is 2.67 bits per heavy atom. The van der Waals surface area contributed by atoms with Crippen molar-refractivity contribution in [2.45, 2.75) is 45.4 Å². The van der Waals surface area contributed by atoms with Crippen LogP contribution in [0.25, 0.3) is 0 Å². The van der Waals surface area contributed by atoms with Gasteiger partial charge in [-0.05, 0) is 61.9 Å². The average Bonchev–Trinajstić information content (AvgIpc) is 3.06. The molecule has 0 bridgehead atoms. The largest absolute Gasteiger partial charge is 0.471 e. The number of halogens is 1. The van der Waals surface area contributed by atoms with Crippen LogP contribution in [0.15, 0.2) is 36.5 Å². The van der Waals surface area contributed by atoms with E-state index in [9.17, 15) is 9.18 Å². The Hall–Kier alpha value is -2.37. The van der Waals surface area contributed by atoms with Gasteiger partial charge in [-0.15, -0.1) is 0 Å². The molecular weight excluding hydrogens is 309 g/mol. The van der Waals surface area contributed by atoms with Crippen molar-refractivity contribution in [3.05, 3.63) is 48.0 Å². The Bertz CT molecular complexity index is 676. The number of rotatable bonds is 5. The second kappa shape index (κ2) is 7.47. The number of benzene rings is 1. The lowest BCUT2D eigenvalue weighted by Crippen LogP contribution is -2.37. The minimum absolute atomic E-state index is 0.143. The predicted octanol–water partition coefficient (Wildman–Crippen LogP) is 3.37. The molecule has 1 aliphatic carbocycles. The summed E-state index contributed by atoms with van der Waals surface area (Å²) in [5.41, 5.74) is 0.385. The van der Waals surface area contributed by atoms with Crippen LogP contribution in [0.1, 0.15) is 43.1 Å². The second-order valence-corrected chi connectivity index (χ2v) is 6.40. The summed E-state index contributed by atoms with van der Waals surface area (Å²) in [6, 6.07) is 7.70. The van der Waals surface area contributed by atoms with Crippen LogP contribution >= 0.6 is 0 Å². The Morgan fingerprint density at radius 1 is 1.25 bits per heavy atom. The quantitative estimate of drug-likeness (QED) is 0.914. The molecule has 1 aliphatic rings. The SMILES string of the molecule is CC1CCC(NC(=O)c2ccn(COc3ccc(F)cc3)n2)CC1. The lowest BCUT2D eigenvalue weighted by molar-refractivity contribution is 0.0916. The molecule has 128 valence electrons. The molecule has 3 rings (SSSR count). The van der Waals surface area contributed by atoms with E-state index < -0.39 is 0 Å². The standard InChI is InChI=1S/C18H22FN3O2/c1-13-2-6-15(7-3-13)20-18(23)17-10-11-22(21-17)12-24-16-8-4-14(19)5-9-16/h4-5,8-11,13,15H,2-3,6-7,12H2,1H3,(H,20,23). The number of ether oxygens (including phenoxy) is 1. The first-order valence-electron chi connectivity index (χ1n) is 8.33. The number of nitrogens with one attached hydrogen (secondary N) is 1. The molecule has 1 aromatic heterocycles. The summed E-state index contributed by atoms with van der Waals surface area (Å²) in [4.78, 5) is 12.3. The average molecular weight is 331 g/mol. The van der Waals surface area contributed by atoms with Crippen molar-refractivity contribution in [2.24, 2.45) is 5.92 Å². The zero-order chi connectivity index (χ0) is 16.9. The highest BCUT2D eigenvalue weighted by Gasteiger charge is 2.21. The highest BCUT2D eigenvalue weighted by atomic mass is 19.1. The first-order chi connectivity index (χ1) is 11.6. The van der Waals surface area contributed by atoms with Gasteiger partial charge in [0.05, 0.1) is 0 Å². The van der Waals surface area contributed by atoms with Crippen LogP contribution in [0.2, 0.25) is 0 Å². The maximum Gasteiger partial charge on any atom is 0.271 e. The van der Waals surface area contributed by atoms with E-state index in [0.717, 1.165) is 31.6 Å². The fraction of sp³-hybridized carbons (Fsp3) is 0.444. The smallest absolute Gasteiger partial charge is 0.271 e. The normalized spacial score (nSPS) is 20.6. The maximum absolute atomic E-state index is 12.8. The van der Waals surface area contributed by atoms with Crippen molar-refractivity contribution < 1.29 is 13.9 Å². The van der Waals surface area contributed by atoms with Crippen LogP contribution in [-0.4, -0.2) is 21.7 Å². The van der Waals surface area contributed by atoms with Gasteiger partial charge in [-0.2, -0.15) is 5.10 Å². The lowest BCUT2D eigenvalue weighted by Gasteiger charge is -2.26. The van der Waals surface area contributed by atoms with Gasteiger partial charge in [-0.1, -0.05) is 6.92 Å². The summed E-state index contributed by atoms with van der Waals surface area (Å²) in [6.45, 7) is 2.42. The van der Waals surface area contributed by atoms with Crippen LogP contribution in [0.5, 0.6) is 5.75 Å². The molecule has 0 unspecified atom stereocenters. The van der Waals surface area contributed by atoms with Gasteiger partial charge in [0, 0.05) is 12.2 Å². The van der Waals surface area contributed by atoms with Crippen LogP contribution in [-0.2, 0) is 6.73 Å². The Labute approximate surface area is 140 Å². The third-order valence-corrected chi connectivity index (χ3v) is 4.40. The summed E-state index contributed by atoms with van der Waals surface area (Å²) in [6.07, 6.45) is 6.07. The Balaban J connectivity index is 1.51. The van der Waals surface area contributed by atoms with E-state index >= 15 is 0 Å². The van der Waals surface area contributed by atoms with Crippen LogP contribution in [0, 0.1) is 11.7 Å². The number of hydrogen-bond donors (Lipinski definition) is 1. The molecule has 0 atom stereocenters. The molecule has 1 aromatic carbocycles. The summed E-state index contributed by atoms with van der Waals surface area (Å²) in [7, 11) is 0. The number of amides is 1. The topological polar surface area (TPSA) is 56.2 Å². The van der Waals surface area contributed by atoms with Gasteiger partial charge in [0.15, 0.2) is 6.73 Å². The maximum atomic E-state index is 12.8. The van der Waals surface area contributed by atoms with Crippen LogP contribution in [0.3, 0.4) is 0 Å². The van der Waals surface area contributed by atoms with Crippen LogP contribution in [0.4, 0.5) is 4.39 Å². The molecular formula is C18H22FN3O2. The lowest BCUT2D eigenvalue weighted by atomic mass is 9.87. The fourth-order valence-electron chi connectivity index (χ4n) is 2.89. The molecule has 0 aliphatic heterocycles. The molecule has 0 radical (unpaired) electrons. The summed E-state index contributed by atoms with van der Waals surface area (Å²) in [5, 5.41) is 7.28. The van der Waals surface area contributed by atoms with Gasteiger partial charge in [0.25, 0.3) is 5.91 Å². The molecule has 0 spiro atoms. The van der Waals surface area contributed by atoms with E-state index in [1.165, 1.54) is 12.1 Å². The van der Waals surface area contributed by atoms with Gasteiger partial charge in [0.1, 0.15) is 17.3 Å². The third kappa shape index (κ3) is 4.34. The first-order valence-corrected chi connectivity index (χ1v) is 8.33. The van der Waals surface area contributed by atoms with Crippen molar-refractivity contribution in [1.82, 2.24) is 15.1 Å².